The minimum atomic E-state index is -0.737. The Kier molecular flexibility index (Phi) is 6.55. The van der Waals surface area contributed by atoms with Gasteiger partial charge in [-0.05, 0) is 29.8 Å². The van der Waals surface area contributed by atoms with Crippen molar-refractivity contribution in [3.05, 3.63) is 95.8 Å². The molecular weight excluding hydrogens is 437 g/mol. The van der Waals surface area contributed by atoms with Crippen LogP contribution in [-0.2, 0) is 11.3 Å². The lowest BCUT2D eigenvalue weighted by Crippen LogP contribution is -2.16. The molecule has 4 aromatic rings. The number of hydrogen-bond acceptors (Lipinski definition) is 4. The van der Waals surface area contributed by atoms with Crippen molar-refractivity contribution in [3.63, 3.8) is 0 Å². The molecule has 0 aliphatic carbocycles. The number of benzene rings is 3. The van der Waals surface area contributed by atoms with Crippen LogP contribution in [-0.4, -0.2) is 26.4 Å². The molecule has 162 valence electrons. The molecule has 5 nitrogen and oxygen atoms in total. The Bertz CT molecular complexity index is 1250. The first-order chi connectivity index (χ1) is 15.5. The fourth-order valence-electron chi connectivity index (χ4n) is 3.06. The largest absolute Gasteiger partial charge is 0.323 e. The first-order valence-corrected chi connectivity index (χ1v) is 10.6. The highest BCUT2D eigenvalue weighted by Gasteiger charge is 2.19. The van der Waals surface area contributed by atoms with Crippen LogP contribution in [0.3, 0.4) is 0 Å². The predicted octanol–water partition coefficient (Wildman–Crippen LogP) is 5.14. The van der Waals surface area contributed by atoms with Gasteiger partial charge in [0, 0.05) is 6.07 Å². The van der Waals surface area contributed by atoms with Gasteiger partial charge >= 0.3 is 0 Å². The summed E-state index contributed by atoms with van der Waals surface area (Å²) in [5.41, 5.74) is 0.987. The van der Waals surface area contributed by atoms with E-state index in [4.69, 9.17) is 0 Å². The van der Waals surface area contributed by atoms with Crippen molar-refractivity contribution in [3.8, 4) is 11.4 Å². The number of aromatic nitrogens is 3. The van der Waals surface area contributed by atoms with Crippen molar-refractivity contribution in [1.29, 1.82) is 0 Å². The minimum Gasteiger partial charge on any atom is -0.323 e. The zero-order chi connectivity index (χ0) is 22.5. The van der Waals surface area contributed by atoms with Gasteiger partial charge in [0.15, 0.2) is 11.0 Å². The Hall–Kier alpha value is -3.59. The second-order valence-electron chi connectivity index (χ2n) is 6.82. The second kappa shape index (κ2) is 9.69. The number of carbonyl (C=O) groups excluding carboxylic acids is 1. The summed E-state index contributed by atoms with van der Waals surface area (Å²) in [7, 11) is 0. The molecule has 3 aromatic carbocycles. The smallest absolute Gasteiger partial charge is 0.234 e. The molecule has 4 rings (SSSR count). The fraction of sp³-hybridized carbons (Fsp3) is 0.0870. The van der Waals surface area contributed by atoms with Crippen molar-refractivity contribution in [2.75, 3.05) is 11.1 Å². The quantitative estimate of drug-likeness (QED) is 0.393. The number of nitrogens with one attached hydrogen (secondary N) is 1. The molecule has 9 heteroatoms. The molecule has 1 amide bonds. The molecule has 0 fully saturated rings. The summed E-state index contributed by atoms with van der Waals surface area (Å²) >= 11 is 1.06. The third-order valence-corrected chi connectivity index (χ3v) is 5.52. The molecule has 0 aliphatic heterocycles. The highest BCUT2D eigenvalue weighted by Crippen LogP contribution is 2.27. The molecule has 0 bridgehead atoms. The molecule has 0 spiro atoms. The van der Waals surface area contributed by atoms with Gasteiger partial charge in [0.05, 0.1) is 23.5 Å². The van der Waals surface area contributed by atoms with Gasteiger partial charge in [0.1, 0.15) is 17.5 Å². The van der Waals surface area contributed by atoms with E-state index < -0.39 is 23.4 Å². The minimum absolute atomic E-state index is 0.125. The van der Waals surface area contributed by atoms with Gasteiger partial charge in [-0.2, -0.15) is 0 Å². The monoisotopic (exact) mass is 454 g/mol. The van der Waals surface area contributed by atoms with E-state index in [1.165, 1.54) is 6.07 Å². The van der Waals surface area contributed by atoms with Crippen LogP contribution in [0.5, 0.6) is 0 Å². The number of nitrogens with zero attached hydrogens (tertiary/aromatic N) is 3. The molecular formula is C23H17F3N4OS. The Morgan fingerprint density at radius 2 is 1.66 bits per heavy atom. The maximum Gasteiger partial charge on any atom is 0.234 e. The number of hydrogen-bond donors (Lipinski definition) is 1. The van der Waals surface area contributed by atoms with Crippen LogP contribution < -0.4 is 5.32 Å². The van der Waals surface area contributed by atoms with Crippen molar-refractivity contribution in [2.24, 2.45) is 0 Å². The average Bonchev–Trinajstić information content (AvgIpc) is 3.18. The first-order valence-electron chi connectivity index (χ1n) is 9.61. The van der Waals surface area contributed by atoms with Crippen LogP contribution in [0, 0.1) is 17.5 Å². The third kappa shape index (κ3) is 5.00. The maximum atomic E-state index is 14.4. The van der Waals surface area contributed by atoms with Gasteiger partial charge in [-0.3, -0.25) is 9.36 Å². The lowest BCUT2D eigenvalue weighted by atomic mass is 10.2. The summed E-state index contributed by atoms with van der Waals surface area (Å²) in [5.74, 6) is -2.18. The molecule has 32 heavy (non-hydrogen) atoms. The van der Waals surface area contributed by atoms with Gasteiger partial charge in [-0.1, -0.05) is 54.2 Å². The number of carbonyl (C=O) groups is 1. The summed E-state index contributed by atoms with van der Waals surface area (Å²) in [6.45, 7) is 0.361. The fourth-order valence-corrected chi connectivity index (χ4v) is 3.79. The Labute approximate surface area is 186 Å². The highest BCUT2D eigenvalue weighted by molar-refractivity contribution is 7.99. The predicted molar refractivity (Wildman–Crippen MR) is 117 cm³/mol. The van der Waals surface area contributed by atoms with Gasteiger partial charge < -0.3 is 5.32 Å². The van der Waals surface area contributed by atoms with Crippen molar-refractivity contribution in [2.45, 2.75) is 11.7 Å². The van der Waals surface area contributed by atoms with Crippen LogP contribution in [0.2, 0.25) is 0 Å². The second-order valence-corrected chi connectivity index (χ2v) is 7.76. The summed E-state index contributed by atoms with van der Waals surface area (Å²) < 4.78 is 43.2. The van der Waals surface area contributed by atoms with Gasteiger partial charge in [-0.25, -0.2) is 13.2 Å². The van der Waals surface area contributed by atoms with E-state index in [-0.39, 0.29) is 17.0 Å². The SMILES string of the molecule is O=C(CSc1nnc(-c2ccccc2F)n1Cc1ccccc1)Nc1cc(F)ccc1F. The Morgan fingerprint density at radius 3 is 2.44 bits per heavy atom. The molecule has 0 atom stereocenters. The van der Waals surface area contributed by atoms with E-state index in [1.807, 2.05) is 30.3 Å². The molecule has 1 heterocycles. The molecule has 0 saturated carbocycles. The van der Waals surface area contributed by atoms with E-state index in [2.05, 4.69) is 15.5 Å². The van der Waals surface area contributed by atoms with Crippen molar-refractivity contribution >= 4 is 23.4 Å². The van der Waals surface area contributed by atoms with Crippen LogP contribution >= 0.6 is 11.8 Å². The van der Waals surface area contributed by atoms with Crippen LogP contribution in [0.15, 0.2) is 78.0 Å². The maximum absolute atomic E-state index is 14.4. The number of thioether (sulfide) groups is 1. The molecule has 0 unspecified atom stereocenters. The standard InChI is InChI=1S/C23H17F3N4OS/c24-16-10-11-19(26)20(12-16)27-21(31)14-32-23-29-28-22(17-8-4-5-9-18(17)25)30(23)13-15-6-2-1-3-7-15/h1-12H,13-14H2,(H,27,31). The lowest BCUT2D eigenvalue weighted by Gasteiger charge is -2.11. The molecule has 0 aliphatic rings. The Morgan fingerprint density at radius 1 is 0.906 bits per heavy atom. The van der Waals surface area contributed by atoms with E-state index in [0.717, 1.165) is 35.5 Å². The van der Waals surface area contributed by atoms with Crippen molar-refractivity contribution < 1.29 is 18.0 Å². The first kappa shape index (κ1) is 21.6. The molecule has 0 radical (unpaired) electrons. The normalized spacial score (nSPS) is 10.8. The summed E-state index contributed by atoms with van der Waals surface area (Å²) in [4.78, 5) is 12.3. The van der Waals surface area contributed by atoms with Crippen molar-refractivity contribution in [1.82, 2.24) is 14.8 Å². The average molecular weight is 454 g/mol. The summed E-state index contributed by atoms with van der Waals surface area (Å²) in [6, 6.07) is 18.5. The number of amides is 1. The summed E-state index contributed by atoms with van der Waals surface area (Å²) in [5, 5.41) is 11.0. The van der Waals surface area contributed by atoms with Crippen LogP contribution in [0.4, 0.5) is 18.9 Å². The van der Waals surface area contributed by atoms with Crippen LogP contribution in [0.25, 0.3) is 11.4 Å². The number of rotatable bonds is 7. The van der Waals surface area contributed by atoms with Gasteiger partial charge in [0.25, 0.3) is 0 Å². The third-order valence-electron chi connectivity index (χ3n) is 4.55. The van der Waals surface area contributed by atoms with Gasteiger partial charge in [0.2, 0.25) is 5.91 Å². The molecule has 0 saturated heterocycles. The summed E-state index contributed by atoms with van der Waals surface area (Å²) in [6.07, 6.45) is 0. The topological polar surface area (TPSA) is 59.8 Å². The zero-order valence-electron chi connectivity index (χ0n) is 16.6. The van der Waals surface area contributed by atoms with E-state index in [1.54, 1.807) is 22.8 Å². The highest BCUT2D eigenvalue weighted by atomic mass is 32.2. The molecule has 1 N–H and O–H groups in total. The zero-order valence-corrected chi connectivity index (χ0v) is 17.5. The van der Waals surface area contributed by atoms with E-state index >= 15 is 0 Å². The van der Waals surface area contributed by atoms with Crippen LogP contribution in [0.1, 0.15) is 5.56 Å². The van der Waals surface area contributed by atoms with E-state index in [9.17, 15) is 18.0 Å². The number of anilines is 1. The van der Waals surface area contributed by atoms with E-state index in [0.29, 0.717) is 17.5 Å². The lowest BCUT2D eigenvalue weighted by molar-refractivity contribution is -0.113. The Balaban J connectivity index is 1.57. The van der Waals surface area contributed by atoms with Gasteiger partial charge in [-0.15, -0.1) is 10.2 Å². The number of halogens is 3. The molecule has 1 aromatic heterocycles.